The van der Waals surface area contributed by atoms with Gasteiger partial charge in [-0.3, -0.25) is 4.79 Å². The van der Waals surface area contributed by atoms with E-state index in [2.05, 4.69) is 0 Å². The van der Waals surface area contributed by atoms with Crippen LogP contribution in [0.25, 0.3) is 0 Å². The molecule has 1 atom stereocenters. The lowest BCUT2D eigenvalue weighted by Gasteiger charge is -2.15. The quantitative estimate of drug-likeness (QED) is 0.660. The lowest BCUT2D eigenvalue weighted by Crippen LogP contribution is -2.28. The van der Waals surface area contributed by atoms with E-state index >= 15 is 0 Å². The highest BCUT2D eigenvalue weighted by Gasteiger charge is 2.25. The zero-order valence-corrected chi connectivity index (χ0v) is 8.58. The molecule has 0 bridgehead atoms. The van der Waals surface area contributed by atoms with E-state index in [0.29, 0.717) is 18.2 Å². The van der Waals surface area contributed by atoms with Gasteiger partial charge in [-0.1, -0.05) is 6.92 Å². The van der Waals surface area contributed by atoms with Crippen LogP contribution in [-0.4, -0.2) is 37.6 Å². The van der Waals surface area contributed by atoms with Gasteiger partial charge in [-0.2, -0.15) is 0 Å². The van der Waals surface area contributed by atoms with Gasteiger partial charge in [0.05, 0.1) is 6.61 Å². The summed E-state index contributed by atoms with van der Waals surface area (Å²) in [6.07, 6.45) is 2.74. The maximum absolute atomic E-state index is 11.5. The molecular formula is C10H19NO2. The maximum atomic E-state index is 11.5. The standard InChI is InChI=1S/C10H19NO2/c1-3-4-10(12)11-6-5-9(7-11)8-13-2/h9H,3-8H2,1-2H3. The molecule has 1 aliphatic rings. The summed E-state index contributed by atoms with van der Waals surface area (Å²) in [5.74, 6) is 0.868. The van der Waals surface area contributed by atoms with Crippen molar-refractivity contribution in [1.29, 1.82) is 0 Å². The fourth-order valence-electron chi connectivity index (χ4n) is 1.80. The molecule has 1 rings (SSSR count). The van der Waals surface area contributed by atoms with Crippen molar-refractivity contribution in [3.8, 4) is 0 Å². The molecule has 0 aromatic rings. The molecule has 3 heteroatoms. The van der Waals surface area contributed by atoms with E-state index in [1.54, 1.807) is 7.11 Å². The Balaban J connectivity index is 2.27. The van der Waals surface area contributed by atoms with Crippen LogP contribution in [0.5, 0.6) is 0 Å². The fourth-order valence-corrected chi connectivity index (χ4v) is 1.80. The molecule has 1 saturated heterocycles. The fraction of sp³-hybridized carbons (Fsp3) is 0.900. The van der Waals surface area contributed by atoms with E-state index in [9.17, 15) is 4.79 Å². The van der Waals surface area contributed by atoms with Gasteiger partial charge in [0.25, 0.3) is 0 Å². The van der Waals surface area contributed by atoms with Gasteiger partial charge >= 0.3 is 0 Å². The largest absolute Gasteiger partial charge is 0.384 e. The van der Waals surface area contributed by atoms with Gasteiger partial charge in [-0.05, 0) is 12.8 Å². The third-order valence-electron chi connectivity index (χ3n) is 2.50. The number of carbonyl (C=O) groups is 1. The first-order chi connectivity index (χ1) is 6.27. The Hall–Kier alpha value is -0.570. The molecule has 1 fully saturated rings. The van der Waals surface area contributed by atoms with Gasteiger partial charge in [0.2, 0.25) is 5.91 Å². The van der Waals surface area contributed by atoms with Crippen LogP contribution in [-0.2, 0) is 9.53 Å². The molecule has 1 amide bonds. The minimum Gasteiger partial charge on any atom is -0.384 e. The van der Waals surface area contributed by atoms with Crippen molar-refractivity contribution < 1.29 is 9.53 Å². The van der Waals surface area contributed by atoms with Gasteiger partial charge in [0, 0.05) is 32.5 Å². The first-order valence-electron chi connectivity index (χ1n) is 5.04. The van der Waals surface area contributed by atoms with Crippen LogP contribution in [0, 0.1) is 5.92 Å². The van der Waals surface area contributed by atoms with Crippen molar-refractivity contribution in [1.82, 2.24) is 4.90 Å². The average molecular weight is 185 g/mol. The van der Waals surface area contributed by atoms with Gasteiger partial charge in [0.1, 0.15) is 0 Å². The number of hydrogen-bond acceptors (Lipinski definition) is 2. The number of likely N-dealkylation sites (tertiary alicyclic amines) is 1. The van der Waals surface area contributed by atoms with Crippen LogP contribution in [0.2, 0.25) is 0 Å². The van der Waals surface area contributed by atoms with E-state index < -0.39 is 0 Å². The molecule has 1 unspecified atom stereocenters. The van der Waals surface area contributed by atoms with Crippen molar-refractivity contribution in [2.24, 2.45) is 5.92 Å². The average Bonchev–Trinajstić information content (AvgIpc) is 2.54. The minimum atomic E-state index is 0.307. The molecule has 1 heterocycles. The van der Waals surface area contributed by atoms with E-state index in [4.69, 9.17) is 4.74 Å². The number of rotatable bonds is 4. The predicted octanol–water partition coefficient (Wildman–Crippen LogP) is 1.28. The van der Waals surface area contributed by atoms with Gasteiger partial charge < -0.3 is 9.64 Å². The monoisotopic (exact) mass is 185 g/mol. The molecule has 0 aromatic carbocycles. The van der Waals surface area contributed by atoms with Gasteiger partial charge in [0.15, 0.2) is 0 Å². The number of hydrogen-bond donors (Lipinski definition) is 0. The summed E-state index contributed by atoms with van der Waals surface area (Å²) >= 11 is 0. The summed E-state index contributed by atoms with van der Waals surface area (Å²) in [6.45, 7) is 4.65. The third kappa shape index (κ3) is 2.99. The van der Waals surface area contributed by atoms with Gasteiger partial charge in [-0.15, -0.1) is 0 Å². The summed E-state index contributed by atoms with van der Waals surface area (Å²) < 4.78 is 5.08. The Kier molecular flexibility index (Phi) is 4.22. The molecule has 0 N–H and O–H groups in total. The Morgan fingerprint density at radius 1 is 1.62 bits per heavy atom. The molecule has 3 nitrogen and oxygen atoms in total. The molecule has 76 valence electrons. The molecule has 0 radical (unpaired) electrons. The normalized spacial score (nSPS) is 22.3. The number of amides is 1. The second-order valence-corrected chi connectivity index (χ2v) is 3.70. The van der Waals surface area contributed by atoms with Crippen LogP contribution >= 0.6 is 0 Å². The highest BCUT2D eigenvalue weighted by molar-refractivity contribution is 5.76. The molecule has 1 aliphatic heterocycles. The van der Waals surface area contributed by atoms with Crippen molar-refractivity contribution >= 4 is 5.91 Å². The second kappa shape index (κ2) is 5.22. The summed E-state index contributed by atoms with van der Waals surface area (Å²) in [5.41, 5.74) is 0. The minimum absolute atomic E-state index is 0.307. The van der Waals surface area contributed by atoms with Crippen molar-refractivity contribution in [3.63, 3.8) is 0 Å². The van der Waals surface area contributed by atoms with E-state index in [0.717, 1.165) is 32.5 Å². The molecule has 13 heavy (non-hydrogen) atoms. The van der Waals surface area contributed by atoms with Crippen LogP contribution in [0.15, 0.2) is 0 Å². The smallest absolute Gasteiger partial charge is 0.222 e. The van der Waals surface area contributed by atoms with Crippen LogP contribution < -0.4 is 0 Å². The maximum Gasteiger partial charge on any atom is 0.222 e. The zero-order chi connectivity index (χ0) is 9.68. The summed E-state index contributed by atoms with van der Waals surface area (Å²) in [6, 6.07) is 0. The number of ether oxygens (including phenoxy) is 1. The topological polar surface area (TPSA) is 29.5 Å². The highest BCUT2D eigenvalue weighted by Crippen LogP contribution is 2.17. The summed E-state index contributed by atoms with van der Waals surface area (Å²) in [7, 11) is 1.72. The Morgan fingerprint density at radius 2 is 2.38 bits per heavy atom. The van der Waals surface area contributed by atoms with Crippen molar-refractivity contribution in [3.05, 3.63) is 0 Å². The Bertz CT molecular complexity index is 170. The van der Waals surface area contributed by atoms with Crippen LogP contribution in [0.4, 0.5) is 0 Å². The lowest BCUT2D eigenvalue weighted by atomic mass is 10.1. The zero-order valence-electron chi connectivity index (χ0n) is 8.58. The Labute approximate surface area is 80.1 Å². The number of nitrogens with zero attached hydrogens (tertiary/aromatic N) is 1. The first-order valence-corrected chi connectivity index (χ1v) is 5.04. The first kappa shape index (κ1) is 10.5. The molecular weight excluding hydrogens is 166 g/mol. The van der Waals surface area contributed by atoms with Gasteiger partial charge in [-0.25, -0.2) is 0 Å². The molecule has 0 aliphatic carbocycles. The number of methoxy groups -OCH3 is 1. The van der Waals surface area contributed by atoms with E-state index in [1.165, 1.54) is 0 Å². The van der Waals surface area contributed by atoms with Crippen molar-refractivity contribution in [2.45, 2.75) is 26.2 Å². The second-order valence-electron chi connectivity index (χ2n) is 3.70. The summed E-state index contributed by atoms with van der Waals surface area (Å²) in [4.78, 5) is 13.4. The van der Waals surface area contributed by atoms with Crippen LogP contribution in [0.3, 0.4) is 0 Å². The Morgan fingerprint density at radius 3 is 3.00 bits per heavy atom. The van der Waals surface area contributed by atoms with Crippen LogP contribution in [0.1, 0.15) is 26.2 Å². The predicted molar refractivity (Wildman–Crippen MR) is 51.5 cm³/mol. The van der Waals surface area contributed by atoms with E-state index in [-0.39, 0.29) is 0 Å². The molecule has 0 spiro atoms. The third-order valence-corrected chi connectivity index (χ3v) is 2.50. The SMILES string of the molecule is CCCC(=O)N1CCC(COC)C1. The molecule has 0 saturated carbocycles. The molecule has 0 aromatic heterocycles. The highest BCUT2D eigenvalue weighted by atomic mass is 16.5. The summed E-state index contributed by atoms with van der Waals surface area (Å²) in [5, 5.41) is 0. The number of carbonyl (C=O) groups excluding carboxylic acids is 1. The van der Waals surface area contributed by atoms with E-state index in [1.807, 2.05) is 11.8 Å². The lowest BCUT2D eigenvalue weighted by molar-refractivity contribution is -0.130. The van der Waals surface area contributed by atoms with Crippen molar-refractivity contribution in [2.75, 3.05) is 26.8 Å².